The number of amides is 1. The molecule has 0 radical (unpaired) electrons. The predicted molar refractivity (Wildman–Crippen MR) is 94.2 cm³/mol. The summed E-state index contributed by atoms with van der Waals surface area (Å²) in [6.45, 7) is 5.76. The van der Waals surface area contributed by atoms with E-state index in [4.69, 9.17) is 4.74 Å². The van der Waals surface area contributed by atoms with Gasteiger partial charge in [0.15, 0.2) is 0 Å². The third kappa shape index (κ3) is 3.79. The van der Waals surface area contributed by atoms with Crippen LogP contribution in [-0.4, -0.2) is 66.5 Å². The SMILES string of the molecule is CCOc1nc(C)ccc1C(=O)N1CCCC(N2CCCS2(=O)=O)C1. The highest BCUT2D eigenvalue weighted by atomic mass is 32.2. The van der Waals surface area contributed by atoms with Crippen molar-refractivity contribution in [2.24, 2.45) is 0 Å². The molecule has 2 fully saturated rings. The number of carbonyl (C=O) groups is 1. The Morgan fingerprint density at radius 2 is 2.12 bits per heavy atom. The molecule has 7 nitrogen and oxygen atoms in total. The van der Waals surface area contributed by atoms with E-state index in [0.29, 0.717) is 44.1 Å². The first kappa shape index (κ1) is 18.1. The molecule has 0 spiro atoms. The van der Waals surface area contributed by atoms with Crippen LogP contribution in [0.5, 0.6) is 5.88 Å². The van der Waals surface area contributed by atoms with Gasteiger partial charge in [-0.05, 0) is 45.2 Å². The Labute approximate surface area is 149 Å². The van der Waals surface area contributed by atoms with Gasteiger partial charge in [0.05, 0.1) is 12.4 Å². The quantitative estimate of drug-likeness (QED) is 0.804. The number of ether oxygens (including phenoxy) is 1. The van der Waals surface area contributed by atoms with E-state index in [1.54, 1.807) is 21.3 Å². The lowest BCUT2D eigenvalue weighted by Crippen LogP contribution is -2.50. The molecule has 0 N–H and O–H groups in total. The van der Waals surface area contributed by atoms with Gasteiger partial charge < -0.3 is 9.64 Å². The molecule has 3 rings (SSSR count). The fourth-order valence-electron chi connectivity index (χ4n) is 3.56. The Bertz CT molecular complexity index is 750. The second-order valence-corrected chi connectivity index (χ2v) is 8.61. The maximum absolute atomic E-state index is 13.0. The van der Waals surface area contributed by atoms with Gasteiger partial charge in [0.1, 0.15) is 5.56 Å². The van der Waals surface area contributed by atoms with Crippen LogP contribution < -0.4 is 4.74 Å². The smallest absolute Gasteiger partial charge is 0.259 e. The van der Waals surface area contributed by atoms with E-state index in [0.717, 1.165) is 18.5 Å². The number of likely N-dealkylation sites (tertiary alicyclic amines) is 1. The van der Waals surface area contributed by atoms with Crippen molar-refractivity contribution in [3.63, 3.8) is 0 Å². The Morgan fingerprint density at radius 1 is 1.32 bits per heavy atom. The summed E-state index contributed by atoms with van der Waals surface area (Å²) in [5, 5.41) is 0. The third-order valence-electron chi connectivity index (χ3n) is 4.74. The van der Waals surface area contributed by atoms with Crippen LogP contribution in [-0.2, 0) is 10.0 Å². The van der Waals surface area contributed by atoms with Crippen molar-refractivity contribution in [1.82, 2.24) is 14.2 Å². The molecule has 1 aromatic heterocycles. The number of sulfonamides is 1. The average Bonchev–Trinajstić information content (AvgIpc) is 2.94. The van der Waals surface area contributed by atoms with Gasteiger partial charge in [-0.1, -0.05) is 0 Å². The van der Waals surface area contributed by atoms with Gasteiger partial charge in [0.25, 0.3) is 5.91 Å². The van der Waals surface area contributed by atoms with Crippen LogP contribution in [0.1, 0.15) is 42.2 Å². The summed E-state index contributed by atoms with van der Waals surface area (Å²) < 4.78 is 31.5. The van der Waals surface area contributed by atoms with Crippen molar-refractivity contribution < 1.29 is 17.9 Å². The molecule has 1 aromatic rings. The Morgan fingerprint density at radius 3 is 2.80 bits per heavy atom. The van der Waals surface area contributed by atoms with Crippen molar-refractivity contribution in [3.05, 3.63) is 23.4 Å². The molecule has 3 heterocycles. The van der Waals surface area contributed by atoms with Gasteiger partial charge >= 0.3 is 0 Å². The molecular formula is C17H25N3O4S. The summed E-state index contributed by atoms with van der Waals surface area (Å²) in [4.78, 5) is 19.0. The van der Waals surface area contributed by atoms with Crippen LogP contribution >= 0.6 is 0 Å². The lowest BCUT2D eigenvalue weighted by Gasteiger charge is -2.36. The minimum absolute atomic E-state index is 0.126. The van der Waals surface area contributed by atoms with Crippen LogP contribution in [0.3, 0.4) is 0 Å². The van der Waals surface area contributed by atoms with E-state index in [1.807, 2.05) is 13.8 Å². The molecule has 2 aliphatic heterocycles. The number of piperidine rings is 1. The third-order valence-corrected chi connectivity index (χ3v) is 6.74. The molecule has 8 heteroatoms. The maximum Gasteiger partial charge on any atom is 0.259 e. The van der Waals surface area contributed by atoms with E-state index < -0.39 is 10.0 Å². The number of pyridine rings is 1. The summed E-state index contributed by atoms with van der Waals surface area (Å²) in [5.41, 5.74) is 1.23. The highest BCUT2D eigenvalue weighted by Crippen LogP contribution is 2.26. The molecule has 25 heavy (non-hydrogen) atoms. The molecule has 0 aliphatic carbocycles. The van der Waals surface area contributed by atoms with Crippen LogP contribution in [0, 0.1) is 6.92 Å². The maximum atomic E-state index is 13.0. The monoisotopic (exact) mass is 367 g/mol. The number of hydrogen-bond donors (Lipinski definition) is 0. The number of aryl methyl sites for hydroxylation is 1. The second-order valence-electron chi connectivity index (χ2n) is 6.57. The summed E-state index contributed by atoms with van der Waals surface area (Å²) >= 11 is 0. The Hall–Kier alpha value is -1.67. The molecule has 0 aromatic carbocycles. The number of hydrogen-bond acceptors (Lipinski definition) is 5. The number of nitrogens with zero attached hydrogens (tertiary/aromatic N) is 3. The first-order chi connectivity index (χ1) is 11.9. The van der Waals surface area contributed by atoms with Gasteiger partial charge in [-0.25, -0.2) is 13.4 Å². The van der Waals surface area contributed by atoms with Crippen molar-refractivity contribution >= 4 is 15.9 Å². The van der Waals surface area contributed by atoms with Gasteiger partial charge in [0, 0.05) is 31.4 Å². The van der Waals surface area contributed by atoms with Crippen LogP contribution in [0.4, 0.5) is 0 Å². The fourth-order valence-corrected chi connectivity index (χ4v) is 5.32. The number of carbonyl (C=O) groups excluding carboxylic acids is 1. The van der Waals surface area contributed by atoms with E-state index >= 15 is 0 Å². The lowest BCUT2D eigenvalue weighted by atomic mass is 10.0. The van der Waals surface area contributed by atoms with E-state index in [1.165, 1.54) is 0 Å². The van der Waals surface area contributed by atoms with Crippen molar-refractivity contribution in [2.45, 2.75) is 39.2 Å². The zero-order chi connectivity index (χ0) is 18.0. The molecular weight excluding hydrogens is 342 g/mol. The molecule has 1 amide bonds. The van der Waals surface area contributed by atoms with Crippen LogP contribution in [0.15, 0.2) is 12.1 Å². The molecule has 2 saturated heterocycles. The average molecular weight is 367 g/mol. The van der Waals surface area contributed by atoms with E-state index in [9.17, 15) is 13.2 Å². The van der Waals surface area contributed by atoms with Crippen molar-refractivity contribution in [3.8, 4) is 5.88 Å². The van der Waals surface area contributed by atoms with Crippen LogP contribution in [0.25, 0.3) is 0 Å². The van der Waals surface area contributed by atoms with E-state index in [-0.39, 0.29) is 17.7 Å². The zero-order valence-electron chi connectivity index (χ0n) is 14.8. The van der Waals surface area contributed by atoms with Crippen molar-refractivity contribution in [2.75, 3.05) is 32.0 Å². The molecule has 138 valence electrons. The van der Waals surface area contributed by atoms with Gasteiger partial charge in [0.2, 0.25) is 15.9 Å². The zero-order valence-corrected chi connectivity index (χ0v) is 15.6. The molecule has 2 aliphatic rings. The first-order valence-corrected chi connectivity index (χ1v) is 10.4. The lowest BCUT2D eigenvalue weighted by molar-refractivity contribution is 0.0653. The minimum Gasteiger partial charge on any atom is -0.477 e. The van der Waals surface area contributed by atoms with E-state index in [2.05, 4.69) is 4.98 Å². The van der Waals surface area contributed by atoms with Gasteiger partial charge in [-0.15, -0.1) is 0 Å². The molecule has 1 unspecified atom stereocenters. The van der Waals surface area contributed by atoms with Crippen molar-refractivity contribution in [1.29, 1.82) is 0 Å². The number of aromatic nitrogens is 1. The number of rotatable bonds is 4. The molecule has 1 atom stereocenters. The minimum atomic E-state index is -3.16. The van der Waals surface area contributed by atoms with Gasteiger partial charge in [-0.3, -0.25) is 4.79 Å². The summed E-state index contributed by atoms with van der Waals surface area (Å²) in [7, 11) is -3.16. The highest BCUT2D eigenvalue weighted by molar-refractivity contribution is 7.89. The van der Waals surface area contributed by atoms with Gasteiger partial charge in [-0.2, -0.15) is 4.31 Å². The summed E-state index contributed by atoms with van der Waals surface area (Å²) in [6, 6.07) is 3.41. The summed E-state index contributed by atoms with van der Waals surface area (Å²) in [6.07, 6.45) is 2.27. The fraction of sp³-hybridized carbons (Fsp3) is 0.647. The normalized spacial score (nSPS) is 23.6. The molecule has 0 saturated carbocycles. The highest BCUT2D eigenvalue weighted by Gasteiger charge is 2.38. The second kappa shape index (κ2) is 7.29. The predicted octanol–water partition coefficient (Wildman–Crippen LogP) is 1.43. The Kier molecular flexibility index (Phi) is 5.29. The largest absolute Gasteiger partial charge is 0.477 e. The Balaban J connectivity index is 1.79. The standard InChI is InChI=1S/C17H25N3O4S/c1-3-24-16-15(8-7-13(2)18-16)17(21)19-9-4-6-14(12-19)20-10-5-11-25(20,22)23/h7-8,14H,3-6,9-12H2,1-2H3. The molecule has 0 bridgehead atoms. The summed E-state index contributed by atoms with van der Waals surface area (Å²) in [5.74, 6) is 0.425. The first-order valence-electron chi connectivity index (χ1n) is 8.81. The topological polar surface area (TPSA) is 79.8 Å². The van der Waals surface area contributed by atoms with Crippen LogP contribution in [0.2, 0.25) is 0 Å².